The van der Waals surface area contributed by atoms with Gasteiger partial charge in [0.15, 0.2) is 0 Å². The molecule has 0 aliphatic rings. The lowest BCUT2D eigenvalue weighted by Gasteiger charge is -2.17. The highest BCUT2D eigenvalue weighted by atomic mass is 16.5. The Labute approximate surface area is 99.0 Å². The summed E-state index contributed by atoms with van der Waals surface area (Å²) in [6.45, 7) is 7.72. The van der Waals surface area contributed by atoms with E-state index in [0.717, 1.165) is 18.2 Å². The molecule has 0 aliphatic carbocycles. The maximum atomic E-state index is 5.35. The van der Waals surface area contributed by atoms with Crippen LogP contribution in [-0.4, -0.2) is 13.7 Å². The second kappa shape index (κ2) is 6.54. The van der Waals surface area contributed by atoms with Crippen LogP contribution >= 0.6 is 0 Å². The third kappa shape index (κ3) is 3.86. The first-order valence-electron chi connectivity index (χ1n) is 6.01. The zero-order valence-corrected chi connectivity index (χ0v) is 10.8. The van der Waals surface area contributed by atoms with Gasteiger partial charge in [-0.2, -0.15) is 0 Å². The Morgan fingerprint density at radius 1 is 1.19 bits per heavy atom. The number of methoxy groups -OCH3 is 1. The van der Waals surface area contributed by atoms with E-state index in [1.54, 1.807) is 7.11 Å². The number of ether oxygens (including phenoxy) is 1. The van der Waals surface area contributed by atoms with Crippen LogP contribution in [0.15, 0.2) is 24.3 Å². The molecule has 0 amide bonds. The predicted octanol–water partition coefficient (Wildman–Crippen LogP) is 3.39. The van der Waals surface area contributed by atoms with E-state index in [0.29, 0.717) is 6.04 Å². The van der Waals surface area contributed by atoms with Crippen LogP contribution in [0.3, 0.4) is 0 Å². The second-order valence-corrected chi connectivity index (χ2v) is 4.60. The summed E-state index contributed by atoms with van der Waals surface area (Å²) in [5.41, 5.74) is 1.23. The molecule has 0 radical (unpaired) electrons. The van der Waals surface area contributed by atoms with Gasteiger partial charge in [-0.25, -0.2) is 0 Å². The van der Waals surface area contributed by atoms with Gasteiger partial charge >= 0.3 is 0 Å². The first-order valence-corrected chi connectivity index (χ1v) is 6.01. The topological polar surface area (TPSA) is 21.3 Å². The van der Waals surface area contributed by atoms with Crippen molar-refractivity contribution in [3.8, 4) is 5.75 Å². The Bertz CT molecular complexity index is 309. The minimum atomic E-state index is 0.342. The van der Waals surface area contributed by atoms with Gasteiger partial charge in [0.2, 0.25) is 0 Å². The first-order chi connectivity index (χ1) is 7.65. The summed E-state index contributed by atoms with van der Waals surface area (Å²) in [5, 5.41) is 3.52. The quantitative estimate of drug-likeness (QED) is 0.795. The lowest BCUT2D eigenvalue weighted by molar-refractivity contribution is 0.400. The maximum Gasteiger partial charge on any atom is 0.123 e. The van der Waals surface area contributed by atoms with E-state index in [9.17, 15) is 0 Å². The first kappa shape index (κ1) is 13.0. The maximum absolute atomic E-state index is 5.35. The predicted molar refractivity (Wildman–Crippen MR) is 68.9 cm³/mol. The average molecular weight is 221 g/mol. The highest BCUT2D eigenvalue weighted by Gasteiger charge is 2.09. The third-order valence-corrected chi connectivity index (χ3v) is 2.78. The summed E-state index contributed by atoms with van der Waals surface area (Å²) in [6.07, 6.45) is 1.21. The summed E-state index contributed by atoms with van der Waals surface area (Å²) >= 11 is 0. The monoisotopic (exact) mass is 221 g/mol. The summed E-state index contributed by atoms with van der Waals surface area (Å²) in [7, 11) is 1.72. The number of para-hydroxylation sites is 1. The molecule has 0 spiro atoms. The molecule has 1 aromatic rings. The van der Waals surface area contributed by atoms with E-state index in [1.807, 2.05) is 12.1 Å². The number of rotatable bonds is 6. The van der Waals surface area contributed by atoms with Crippen molar-refractivity contribution < 1.29 is 4.74 Å². The van der Waals surface area contributed by atoms with Crippen molar-refractivity contribution in [2.24, 2.45) is 5.92 Å². The van der Waals surface area contributed by atoms with Crippen molar-refractivity contribution in [2.75, 3.05) is 13.7 Å². The fourth-order valence-electron chi connectivity index (χ4n) is 1.72. The van der Waals surface area contributed by atoms with Crippen molar-refractivity contribution in [2.45, 2.75) is 33.2 Å². The Morgan fingerprint density at radius 3 is 2.50 bits per heavy atom. The van der Waals surface area contributed by atoms with Crippen molar-refractivity contribution in [3.05, 3.63) is 29.8 Å². The van der Waals surface area contributed by atoms with Crippen molar-refractivity contribution in [1.29, 1.82) is 0 Å². The molecule has 0 saturated carbocycles. The molecule has 0 aliphatic heterocycles. The Morgan fingerprint density at radius 2 is 1.88 bits per heavy atom. The molecule has 90 valence electrons. The van der Waals surface area contributed by atoms with Crippen LogP contribution in [0.4, 0.5) is 0 Å². The standard InChI is InChI=1S/C14H23NO/c1-11(2)9-10-15-12(3)13-7-5-6-8-14(13)16-4/h5-8,11-12,15H,9-10H2,1-4H3/t12-/m1/s1. The van der Waals surface area contributed by atoms with Gasteiger partial charge in [0.1, 0.15) is 5.75 Å². The van der Waals surface area contributed by atoms with Gasteiger partial charge in [-0.15, -0.1) is 0 Å². The molecule has 1 aromatic carbocycles. The van der Waals surface area contributed by atoms with Crippen LogP contribution in [-0.2, 0) is 0 Å². The number of hydrogen-bond acceptors (Lipinski definition) is 2. The van der Waals surface area contributed by atoms with Crippen molar-refractivity contribution >= 4 is 0 Å². The molecule has 2 heteroatoms. The van der Waals surface area contributed by atoms with E-state index in [-0.39, 0.29) is 0 Å². The third-order valence-electron chi connectivity index (χ3n) is 2.78. The van der Waals surface area contributed by atoms with E-state index in [1.165, 1.54) is 12.0 Å². The highest BCUT2D eigenvalue weighted by molar-refractivity contribution is 5.35. The van der Waals surface area contributed by atoms with Gasteiger partial charge in [-0.05, 0) is 31.9 Å². The van der Waals surface area contributed by atoms with Gasteiger partial charge in [0.05, 0.1) is 7.11 Å². The minimum Gasteiger partial charge on any atom is -0.496 e. The Balaban J connectivity index is 2.55. The van der Waals surface area contributed by atoms with Gasteiger partial charge < -0.3 is 10.1 Å². The summed E-state index contributed by atoms with van der Waals surface area (Å²) < 4.78 is 5.35. The lowest BCUT2D eigenvalue weighted by Crippen LogP contribution is -2.21. The number of benzene rings is 1. The Kier molecular flexibility index (Phi) is 5.33. The summed E-state index contributed by atoms with van der Waals surface area (Å²) in [5.74, 6) is 1.71. The minimum absolute atomic E-state index is 0.342. The van der Waals surface area contributed by atoms with Gasteiger partial charge in [-0.1, -0.05) is 32.0 Å². The van der Waals surface area contributed by atoms with Crippen LogP contribution in [0.2, 0.25) is 0 Å². The van der Waals surface area contributed by atoms with Crippen LogP contribution in [0.25, 0.3) is 0 Å². The average Bonchev–Trinajstić information content (AvgIpc) is 2.28. The van der Waals surface area contributed by atoms with Crippen LogP contribution in [0.5, 0.6) is 5.75 Å². The molecule has 1 atom stereocenters. The molecule has 0 saturated heterocycles. The van der Waals surface area contributed by atoms with Gasteiger partial charge in [0, 0.05) is 11.6 Å². The summed E-state index contributed by atoms with van der Waals surface area (Å²) in [6, 6.07) is 8.53. The molecule has 0 unspecified atom stereocenters. The highest BCUT2D eigenvalue weighted by Crippen LogP contribution is 2.24. The molecule has 2 nitrogen and oxygen atoms in total. The smallest absolute Gasteiger partial charge is 0.123 e. The van der Waals surface area contributed by atoms with Crippen LogP contribution in [0.1, 0.15) is 38.8 Å². The molecule has 1 rings (SSSR count). The van der Waals surface area contributed by atoms with E-state index in [2.05, 4.69) is 38.2 Å². The normalized spacial score (nSPS) is 12.8. The molecular weight excluding hydrogens is 198 g/mol. The molecule has 16 heavy (non-hydrogen) atoms. The van der Waals surface area contributed by atoms with E-state index < -0.39 is 0 Å². The molecule has 0 bridgehead atoms. The lowest BCUT2D eigenvalue weighted by atomic mass is 10.1. The van der Waals surface area contributed by atoms with Crippen LogP contribution in [0, 0.1) is 5.92 Å². The molecule has 0 fully saturated rings. The molecular formula is C14H23NO. The molecule has 0 heterocycles. The zero-order valence-electron chi connectivity index (χ0n) is 10.8. The SMILES string of the molecule is COc1ccccc1[C@@H](C)NCCC(C)C. The number of hydrogen-bond donors (Lipinski definition) is 1. The number of nitrogens with one attached hydrogen (secondary N) is 1. The fourth-order valence-corrected chi connectivity index (χ4v) is 1.72. The summed E-state index contributed by atoms with van der Waals surface area (Å²) in [4.78, 5) is 0. The van der Waals surface area contributed by atoms with Gasteiger partial charge in [-0.3, -0.25) is 0 Å². The van der Waals surface area contributed by atoms with Crippen LogP contribution < -0.4 is 10.1 Å². The largest absolute Gasteiger partial charge is 0.496 e. The van der Waals surface area contributed by atoms with Crippen molar-refractivity contribution in [3.63, 3.8) is 0 Å². The van der Waals surface area contributed by atoms with Gasteiger partial charge in [0.25, 0.3) is 0 Å². The second-order valence-electron chi connectivity index (χ2n) is 4.60. The Hall–Kier alpha value is -1.02. The molecule has 0 aromatic heterocycles. The fraction of sp³-hybridized carbons (Fsp3) is 0.571. The zero-order chi connectivity index (χ0) is 12.0. The van der Waals surface area contributed by atoms with E-state index >= 15 is 0 Å². The van der Waals surface area contributed by atoms with Crippen molar-refractivity contribution in [1.82, 2.24) is 5.32 Å². The van der Waals surface area contributed by atoms with E-state index in [4.69, 9.17) is 4.74 Å². The molecule has 1 N–H and O–H groups in total.